The Kier molecular flexibility index (Phi) is 8.59. The van der Waals surface area contributed by atoms with Crippen LogP contribution in [0.3, 0.4) is 0 Å². The highest BCUT2D eigenvalue weighted by Gasteiger charge is 2.35. The quantitative estimate of drug-likeness (QED) is 0.348. The van der Waals surface area contributed by atoms with Crippen LogP contribution in [0.15, 0.2) is 42.6 Å². The van der Waals surface area contributed by atoms with E-state index in [-0.39, 0.29) is 29.2 Å². The molecular formula is C27H30ClF3N2O3. The molecule has 1 aliphatic rings. The zero-order chi connectivity index (χ0) is 25.7. The number of aliphatic hydroxyl groups excluding tert-OH is 1. The number of ether oxygens (including phenoxy) is 2. The number of aromatic nitrogens is 1. The number of aliphatic hydroxyl groups is 1. The van der Waals surface area contributed by atoms with Gasteiger partial charge in [-0.1, -0.05) is 11.6 Å². The third kappa shape index (κ3) is 6.22. The number of benzene rings is 2. The molecule has 0 saturated carbocycles. The number of hydrogen-bond donors (Lipinski definition) is 1. The molecule has 0 aliphatic carbocycles. The van der Waals surface area contributed by atoms with Gasteiger partial charge in [0.1, 0.15) is 35.9 Å². The Morgan fingerprint density at radius 2 is 1.83 bits per heavy atom. The SMILES string of the molecule is COc1ccc2ncc(Cl)c([C@@H](F)CCC3(CO)CCN(CCOc4cc(F)cc(F)c4)CC3)c2c1. The molecule has 1 aliphatic heterocycles. The normalized spacial score (nSPS) is 16.7. The van der Waals surface area contributed by atoms with Gasteiger partial charge in [0.25, 0.3) is 0 Å². The molecule has 0 bridgehead atoms. The first-order valence-corrected chi connectivity index (χ1v) is 12.4. The summed E-state index contributed by atoms with van der Waals surface area (Å²) in [6.45, 7) is 2.29. The second-order valence-corrected chi connectivity index (χ2v) is 9.77. The van der Waals surface area contributed by atoms with E-state index in [1.54, 1.807) is 25.3 Å². The van der Waals surface area contributed by atoms with Crippen LogP contribution in [0.2, 0.25) is 5.02 Å². The number of alkyl halides is 1. The second-order valence-electron chi connectivity index (χ2n) is 9.36. The van der Waals surface area contributed by atoms with E-state index >= 15 is 4.39 Å². The van der Waals surface area contributed by atoms with Crippen molar-refractivity contribution < 1.29 is 27.8 Å². The standard InChI is InChI=1S/C27H30ClF3N2O3/c1-35-20-2-3-25-22(15-20)26(23(28)16-32-25)24(31)4-5-27(17-34)6-8-33(9-7-27)10-11-36-21-13-18(29)12-19(30)14-21/h2-3,12-16,24,34H,4-11,17H2,1H3/t24-/m0/s1. The van der Waals surface area contributed by atoms with Crippen molar-refractivity contribution in [2.45, 2.75) is 31.9 Å². The van der Waals surface area contributed by atoms with E-state index in [1.165, 1.54) is 6.20 Å². The molecule has 5 nitrogen and oxygen atoms in total. The number of likely N-dealkylation sites (tertiary alicyclic amines) is 1. The lowest BCUT2D eigenvalue weighted by Crippen LogP contribution is -2.43. The predicted molar refractivity (Wildman–Crippen MR) is 133 cm³/mol. The van der Waals surface area contributed by atoms with Crippen LogP contribution in [-0.4, -0.2) is 54.9 Å². The monoisotopic (exact) mass is 522 g/mol. The smallest absolute Gasteiger partial charge is 0.129 e. The van der Waals surface area contributed by atoms with Crippen LogP contribution < -0.4 is 9.47 Å². The molecule has 4 rings (SSSR count). The van der Waals surface area contributed by atoms with Crippen molar-refractivity contribution in [3.63, 3.8) is 0 Å². The molecule has 36 heavy (non-hydrogen) atoms. The zero-order valence-corrected chi connectivity index (χ0v) is 20.9. The molecule has 194 valence electrons. The minimum absolute atomic E-state index is 0.0225. The van der Waals surface area contributed by atoms with Crippen LogP contribution in [0, 0.1) is 17.0 Å². The summed E-state index contributed by atoms with van der Waals surface area (Å²) in [5.41, 5.74) is 0.670. The number of fused-ring (bicyclic) bond motifs is 1. The minimum Gasteiger partial charge on any atom is -0.497 e. The average molecular weight is 523 g/mol. The van der Waals surface area contributed by atoms with Gasteiger partial charge in [-0.3, -0.25) is 9.88 Å². The average Bonchev–Trinajstić information content (AvgIpc) is 2.87. The molecule has 0 amide bonds. The maximum Gasteiger partial charge on any atom is 0.129 e. The van der Waals surface area contributed by atoms with Crippen LogP contribution >= 0.6 is 11.6 Å². The lowest BCUT2D eigenvalue weighted by atomic mass is 9.74. The molecular weight excluding hydrogens is 493 g/mol. The lowest BCUT2D eigenvalue weighted by Gasteiger charge is -2.41. The van der Waals surface area contributed by atoms with E-state index in [1.807, 2.05) is 0 Å². The van der Waals surface area contributed by atoms with E-state index in [9.17, 15) is 13.9 Å². The van der Waals surface area contributed by atoms with Gasteiger partial charge in [-0.25, -0.2) is 13.2 Å². The first-order valence-electron chi connectivity index (χ1n) is 12.0. The third-order valence-electron chi connectivity index (χ3n) is 7.07. The Morgan fingerprint density at radius 3 is 2.50 bits per heavy atom. The summed E-state index contributed by atoms with van der Waals surface area (Å²) in [6, 6.07) is 8.40. The first kappa shape index (κ1) is 26.5. The molecule has 0 radical (unpaired) electrons. The number of piperidine rings is 1. The fraction of sp³-hybridized carbons (Fsp3) is 0.444. The topological polar surface area (TPSA) is 54.8 Å². The molecule has 2 heterocycles. The number of nitrogens with zero attached hydrogens (tertiary/aromatic N) is 2. The highest BCUT2D eigenvalue weighted by atomic mass is 35.5. The van der Waals surface area contributed by atoms with Crippen molar-refractivity contribution in [3.05, 3.63) is 64.8 Å². The Bertz CT molecular complexity index is 1170. The van der Waals surface area contributed by atoms with Gasteiger partial charge in [0.05, 0.1) is 17.6 Å². The summed E-state index contributed by atoms with van der Waals surface area (Å²) in [4.78, 5) is 6.47. The molecule has 1 atom stereocenters. The van der Waals surface area contributed by atoms with Crippen molar-refractivity contribution >= 4 is 22.5 Å². The van der Waals surface area contributed by atoms with Crippen molar-refractivity contribution in [1.29, 1.82) is 0 Å². The Morgan fingerprint density at radius 1 is 1.11 bits per heavy atom. The third-order valence-corrected chi connectivity index (χ3v) is 7.38. The highest BCUT2D eigenvalue weighted by Crippen LogP contribution is 2.41. The molecule has 1 fully saturated rings. The summed E-state index contributed by atoms with van der Waals surface area (Å²) < 4.78 is 53.0. The predicted octanol–water partition coefficient (Wildman–Crippen LogP) is 6.12. The summed E-state index contributed by atoms with van der Waals surface area (Å²) in [7, 11) is 1.55. The molecule has 0 unspecified atom stereocenters. The van der Waals surface area contributed by atoms with E-state index in [0.717, 1.165) is 18.2 Å². The second kappa shape index (κ2) is 11.7. The zero-order valence-electron chi connectivity index (χ0n) is 20.2. The van der Waals surface area contributed by atoms with Gasteiger partial charge in [-0.05, 0) is 62.4 Å². The fourth-order valence-corrected chi connectivity index (χ4v) is 5.10. The van der Waals surface area contributed by atoms with Crippen LogP contribution in [0.5, 0.6) is 11.5 Å². The van der Waals surface area contributed by atoms with Gasteiger partial charge >= 0.3 is 0 Å². The van der Waals surface area contributed by atoms with Gasteiger partial charge in [0.2, 0.25) is 0 Å². The first-order chi connectivity index (χ1) is 17.3. The molecule has 3 aromatic rings. The fourth-order valence-electron chi connectivity index (χ4n) is 4.83. The molecule has 1 N–H and O–H groups in total. The van der Waals surface area contributed by atoms with Crippen molar-refractivity contribution in [1.82, 2.24) is 9.88 Å². The maximum absolute atomic E-state index is 15.6. The van der Waals surface area contributed by atoms with Crippen molar-refractivity contribution in [3.8, 4) is 11.5 Å². The van der Waals surface area contributed by atoms with Crippen molar-refractivity contribution in [2.24, 2.45) is 5.41 Å². The molecule has 1 aromatic heterocycles. The van der Waals surface area contributed by atoms with Gasteiger partial charge in [0, 0.05) is 48.5 Å². The molecule has 0 spiro atoms. The summed E-state index contributed by atoms with van der Waals surface area (Å²) in [6.07, 6.45) is 2.33. The van der Waals surface area contributed by atoms with E-state index in [0.29, 0.717) is 67.7 Å². The molecule has 1 saturated heterocycles. The maximum atomic E-state index is 15.6. The summed E-state index contributed by atoms with van der Waals surface area (Å²) in [5, 5.41) is 11.1. The van der Waals surface area contributed by atoms with Gasteiger partial charge < -0.3 is 14.6 Å². The summed E-state index contributed by atoms with van der Waals surface area (Å²) in [5.74, 6) is -0.599. The van der Waals surface area contributed by atoms with E-state index < -0.39 is 17.8 Å². The van der Waals surface area contributed by atoms with Crippen LogP contribution in [0.1, 0.15) is 37.4 Å². The highest BCUT2D eigenvalue weighted by molar-refractivity contribution is 6.32. The lowest BCUT2D eigenvalue weighted by molar-refractivity contribution is 0.0266. The Balaban J connectivity index is 1.33. The minimum atomic E-state index is -1.31. The molecule has 2 aromatic carbocycles. The van der Waals surface area contributed by atoms with Gasteiger partial charge in [-0.2, -0.15) is 0 Å². The van der Waals surface area contributed by atoms with Crippen LogP contribution in [0.4, 0.5) is 13.2 Å². The number of hydrogen-bond acceptors (Lipinski definition) is 5. The number of halogens is 4. The number of pyridine rings is 1. The van der Waals surface area contributed by atoms with Gasteiger partial charge in [-0.15, -0.1) is 0 Å². The van der Waals surface area contributed by atoms with Crippen LogP contribution in [0.25, 0.3) is 10.9 Å². The van der Waals surface area contributed by atoms with E-state index in [2.05, 4.69) is 9.88 Å². The van der Waals surface area contributed by atoms with Gasteiger partial charge in [0.15, 0.2) is 0 Å². The Hall–Kier alpha value is -2.55. The summed E-state index contributed by atoms with van der Waals surface area (Å²) >= 11 is 6.36. The molecule has 9 heteroatoms. The van der Waals surface area contributed by atoms with Crippen LogP contribution in [-0.2, 0) is 0 Å². The van der Waals surface area contributed by atoms with Crippen molar-refractivity contribution in [2.75, 3.05) is 40.0 Å². The Labute approximate surface area is 213 Å². The number of rotatable bonds is 10. The largest absolute Gasteiger partial charge is 0.497 e. The van der Waals surface area contributed by atoms with E-state index in [4.69, 9.17) is 21.1 Å². The number of methoxy groups -OCH3 is 1.